The Morgan fingerprint density at radius 1 is 1.08 bits per heavy atom. The first-order valence-electron chi connectivity index (χ1n) is 7.92. The maximum atomic E-state index is 12.2. The average Bonchev–Trinajstić information content (AvgIpc) is 2.60. The first kappa shape index (κ1) is 17.0. The number of carbonyl (C=O) groups is 1. The molecule has 0 aliphatic rings. The lowest BCUT2D eigenvalue weighted by Gasteiger charge is -2.08. The Labute approximate surface area is 151 Å². The van der Waals surface area contributed by atoms with Crippen molar-refractivity contribution >= 4 is 29.0 Å². The molecule has 2 aromatic carbocycles. The number of halogens is 1. The molecule has 0 fully saturated rings. The number of hydrogen-bond acceptors (Lipinski definition) is 3. The summed E-state index contributed by atoms with van der Waals surface area (Å²) in [5.41, 5.74) is 3.60. The number of anilines is 2. The van der Waals surface area contributed by atoms with Crippen molar-refractivity contribution in [3.63, 3.8) is 0 Å². The Morgan fingerprint density at radius 3 is 2.64 bits per heavy atom. The van der Waals surface area contributed by atoms with Crippen molar-refractivity contribution in [1.29, 1.82) is 0 Å². The SMILES string of the molecule is Cc1cccc(CNC(=O)c2ccc(Nc3cccc(Cl)c3)nc2)c1. The summed E-state index contributed by atoms with van der Waals surface area (Å²) in [6.07, 6.45) is 1.55. The highest BCUT2D eigenvalue weighted by Crippen LogP contribution is 2.18. The van der Waals surface area contributed by atoms with Gasteiger partial charge < -0.3 is 10.6 Å². The summed E-state index contributed by atoms with van der Waals surface area (Å²) < 4.78 is 0. The van der Waals surface area contributed by atoms with E-state index in [9.17, 15) is 4.79 Å². The standard InChI is InChI=1S/C20H18ClN3O/c1-14-4-2-5-15(10-14)12-23-20(25)16-8-9-19(22-13-16)24-18-7-3-6-17(21)11-18/h2-11,13H,12H2,1H3,(H,22,24)(H,23,25). The van der Waals surface area contributed by atoms with Gasteiger partial charge in [0.1, 0.15) is 5.82 Å². The van der Waals surface area contributed by atoms with Crippen LogP contribution in [0.1, 0.15) is 21.5 Å². The topological polar surface area (TPSA) is 54.0 Å². The van der Waals surface area contributed by atoms with Gasteiger partial charge in [-0.25, -0.2) is 4.98 Å². The van der Waals surface area contributed by atoms with Crippen LogP contribution in [0.15, 0.2) is 66.9 Å². The maximum absolute atomic E-state index is 12.2. The van der Waals surface area contributed by atoms with Crippen LogP contribution in [0, 0.1) is 6.92 Å². The molecule has 1 aromatic heterocycles. The second-order valence-corrected chi connectivity index (χ2v) is 6.18. The van der Waals surface area contributed by atoms with Gasteiger partial charge >= 0.3 is 0 Å². The first-order chi connectivity index (χ1) is 12.1. The number of hydrogen-bond donors (Lipinski definition) is 2. The van der Waals surface area contributed by atoms with Crippen molar-refractivity contribution in [2.75, 3.05) is 5.32 Å². The molecule has 126 valence electrons. The molecule has 1 heterocycles. The fraction of sp³-hybridized carbons (Fsp3) is 0.100. The number of nitrogens with zero attached hydrogens (tertiary/aromatic N) is 1. The van der Waals surface area contributed by atoms with E-state index < -0.39 is 0 Å². The molecule has 4 nitrogen and oxygen atoms in total. The van der Waals surface area contributed by atoms with E-state index in [0.717, 1.165) is 11.3 Å². The zero-order valence-corrected chi connectivity index (χ0v) is 14.5. The van der Waals surface area contributed by atoms with Gasteiger partial charge in [0.05, 0.1) is 5.56 Å². The Kier molecular flexibility index (Phi) is 5.31. The van der Waals surface area contributed by atoms with E-state index in [-0.39, 0.29) is 5.91 Å². The van der Waals surface area contributed by atoms with Crippen LogP contribution in [0.2, 0.25) is 5.02 Å². The molecule has 0 bridgehead atoms. The third-order valence-electron chi connectivity index (χ3n) is 3.66. The van der Waals surface area contributed by atoms with Crippen LogP contribution in [0.5, 0.6) is 0 Å². The van der Waals surface area contributed by atoms with Crippen LogP contribution >= 0.6 is 11.6 Å². The highest BCUT2D eigenvalue weighted by atomic mass is 35.5. The normalized spacial score (nSPS) is 10.3. The van der Waals surface area contributed by atoms with Gasteiger partial charge in [-0.05, 0) is 42.8 Å². The quantitative estimate of drug-likeness (QED) is 0.699. The molecule has 0 aliphatic heterocycles. The van der Waals surface area contributed by atoms with Crippen LogP contribution in [0.4, 0.5) is 11.5 Å². The van der Waals surface area contributed by atoms with Gasteiger partial charge in [-0.2, -0.15) is 0 Å². The van der Waals surface area contributed by atoms with E-state index in [1.165, 1.54) is 5.56 Å². The van der Waals surface area contributed by atoms with Gasteiger partial charge in [-0.15, -0.1) is 0 Å². The number of carbonyl (C=O) groups excluding carboxylic acids is 1. The Balaban J connectivity index is 1.60. The Morgan fingerprint density at radius 2 is 1.92 bits per heavy atom. The first-order valence-corrected chi connectivity index (χ1v) is 8.30. The molecule has 1 amide bonds. The Hall–Kier alpha value is -2.85. The van der Waals surface area contributed by atoms with Crippen LogP contribution in [-0.2, 0) is 6.54 Å². The number of aryl methyl sites for hydroxylation is 1. The molecular weight excluding hydrogens is 334 g/mol. The minimum Gasteiger partial charge on any atom is -0.348 e. The zero-order chi connectivity index (χ0) is 17.6. The molecule has 0 saturated carbocycles. The number of nitrogens with one attached hydrogen (secondary N) is 2. The van der Waals surface area contributed by atoms with Crippen molar-refractivity contribution in [1.82, 2.24) is 10.3 Å². The van der Waals surface area contributed by atoms with E-state index in [1.807, 2.05) is 49.4 Å². The highest BCUT2D eigenvalue weighted by molar-refractivity contribution is 6.30. The highest BCUT2D eigenvalue weighted by Gasteiger charge is 2.06. The lowest BCUT2D eigenvalue weighted by atomic mass is 10.1. The van der Waals surface area contributed by atoms with Crippen molar-refractivity contribution in [3.05, 3.63) is 88.6 Å². The van der Waals surface area contributed by atoms with E-state index in [1.54, 1.807) is 18.3 Å². The number of rotatable bonds is 5. The van der Waals surface area contributed by atoms with Crippen LogP contribution in [0.25, 0.3) is 0 Å². The molecule has 0 atom stereocenters. The van der Waals surface area contributed by atoms with Crippen molar-refractivity contribution < 1.29 is 4.79 Å². The van der Waals surface area contributed by atoms with Crippen LogP contribution < -0.4 is 10.6 Å². The summed E-state index contributed by atoms with van der Waals surface area (Å²) in [6, 6.07) is 18.9. The fourth-order valence-corrected chi connectivity index (χ4v) is 2.61. The summed E-state index contributed by atoms with van der Waals surface area (Å²) in [4.78, 5) is 16.5. The Bertz CT molecular complexity index is 878. The summed E-state index contributed by atoms with van der Waals surface area (Å²) in [7, 11) is 0. The third kappa shape index (κ3) is 4.81. The van der Waals surface area contributed by atoms with Gasteiger partial charge in [0, 0.05) is 23.5 Å². The van der Waals surface area contributed by atoms with Gasteiger partial charge in [-0.1, -0.05) is 47.5 Å². The van der Waals surface area contributed by atoms with Crippen molar-refractivity contribution in [2.45, 2.75) is 13.5 Å². The largest absolute Gasteiger partial charge is 0.348 e. The van der Waals surface area contributed by atoms with Gasteiger partial charge in [0.25, 0.3) is 5.91 Å². The molecule has 0 radical (unpaired) electrons. The number of pyridine rings is 1. The van der Waals surface area contributed by atoms with Gasteiger partial charge in [-0.3, -0.25) is 4.79 Å². The molecule has 3 rings (SSSR count). The zero-order valence-electron chi connectivity index (χ0n) is 13.8. The minimum atomic E-state index is -0.150. The predicted molar refractivity (Wildman–Crippen MR) is 101 cm³/mol. The molecule has 0 spiro atoms. The summed E-state index contributed by atoms with van der Waals surface area (Å²) in [5.74, 6) is 0.501. The fourth-order valence-electron chi connectivity index (χ4n) is 2.42. The average molecular weight is 352 g/mol. The van der Waals surface area contributed by atoms with Crippen LogP contribution in [0.3, 0.4) is 0 Å². The van der Waals surface area contributed by atoms with Gasteiger partial charge in [0.2, 0.25) is 0 Å². The second-order valence-electron chi connectivity index (χ2n) is 5.74. The summed E-state index contributed by atoms with van der Waals surface area (Å²) in [6.45, 7) is 2.52. The van der Waals surface area contributed by atoms with Crippen molar-refractivity contribution in [2.24, 2.45) is 0 Å². The van der Waals surface area contributed by atoms with E-state index in [4.69, 9.17) is 11.6 Å². The number of aromatic nitrogens is 1. The van der Waals surface area contributed by atoms with E-state index >= 15 is 0 Å². The molecule has 0 saturated heterocycles. The summed E-state index contributed by atoms with van der Waals surface area (Å²) in [5, 5.41) is 6.70. The second kappa shape index (κ2) is 7.81. The third-order valence-corrected chi connectivity index (χ3v) is 3.89. The molecule has 25 heavy (non-hydrogen) atoms. The number of benzene rings is 2. The van der Waals surface area contributed by atoms with E-state index in [2.05, 4.69) is 21.7 Å². The molecule has 0 unspecified atom stereocenters. The molecular formula is C20H18ClN3O. The van der Waals surface area contributed by atoms with E-state index in [0.29, 0.717) is 22.9 Å². The molecule has 5 heteroatoms. The maximum Gasteiger partial charge on any atom is 0.253 e. The lowest BCUT2D eigenvalue weighted by Crippen LogP contribution is -2.22. The smallest absolute Gasteiger partial charge is 0.253 e. The molecule has 3 aromatic rings. The monoisotopic (exact) mass is 351 g/mol. The summed E-state index contributed by atoms with van der Waals surface area (Å²) >= 11 is 5.96. The molecule has 2 N–H and O–H groups in total. The molecule has 0 aliphatic carbocycles. The van der Waals surface area contributed by atoms with Crippen molar-refractivity contribution in [3.8, 4) is 0 Å². The minimum absolute atomic E-state index is 0.150. The van der Waals surface area contributed by atoms with Gasteiger partial charge in [0.15, 0.2) is 0 Å². The lowest BCUT2D eigenvalue weighted by molar-refractivity contribution is 0.0950. The van der Waals surface area contributed by atoms with Crippen LogP contribution in [-0.4, -0.2) is 10.9 Å². The number of amides is 1. The predicted octanol–water partition coefficient (Wildman–Crippen LogP) is 4.72.